The quantitative estimate of drug-likeness (QED) is 0.772. The summed E-state index contributed by atoms with van der Waals surface area (Å²) in [5.74, 6) is 0.164. The molecule has 0 spiro atoms. The number of phenolic OH excluding ortho intramolecular Hbond substituents is 1. The van der Waals surface area contributed by atoms with Crippen LogP contribution in [0.2, 0.25) is 0 Å². The lowest BCUT2D eigenvalue weighted by molar-refractivity contribution is 0.0732. The van der Waals surface area contributed by atoms with Gasteiger partial charge in [-0.3, -0.25) is 4.79 Å². The summed E-state index contributed by atoms with van der Waals surface area (Å²) in [5, 5.41) is 21.1. The lowest BCUT2D eigenvalue weighted by Crippen LogP contribution is -2.44. The van der Waals surface area contributed by atoms with Crippen molar-refractivity contribution in [1.29, 1.82) is 0 Å². The molecule has 6 heteroatoms. The zero-order valence-electron chi connectivity index (χ0n) is 14.5. The maximum atomic E-state index is 12.5. The Balaban J connectivity index is 1.94. The Morgan fingerprint density at radius 1 is 1.38 bits per heavy atom. The number of hydrogen-bond donors (Lipinski definition) is 3. The van der Waals surface area contributed by atoms with Crippen LogP contribution in [0.1, 0.15) is 49.5 Å². The Hall–Kier alpha value is -2.24. The Bertz CT molecular complexity index is 622. The van der Waals surface area contributed by atoms with Crippen LogP contribution < -0.4 is 5.32 Å². The van der Waals surface area contributed by atoms with E-state index in [1.807, 2.05) is 20.8 Å². The zero-order chi connectivity index (χ0) is 17.9. The van der Waals surface area contributed by atoms with Gasteiger partial charge in [0.05, 0.1) is 0 Å². The molecule has 0 saturated carbocycles. The number of hydrogen-bond acceptors (Lipinski definition) is 3. The lowest BCUT2D eigenvalue weighted by atomic mass is 9.84. The van der Waals surface area contributed by atoms with Gasteiger partial charge >= 0.3 is 6.09 Å². The number of fused-ring (bicyclic) bond motifs is 1. The average Bonchev–Trinajstić information content (AvgIpc) is 2.47. The van der Waals surface area contributed by atoms with E-state index in [1.165, 1.54) is 6.07 Å². The molecular weight excluding hydrogens is 308 g/mol. The number of phenols is 1. The number of benzene rings is 1. The van der Waals surface area contributed by atoms with Gasteiger partial charge in [-0.15, -0.1) is 0 Å². The molecule has 6 nitrogen and oxygen atoms in total. The molecule has 0 fully saturated rings. The molecule has 1 heterocycles. The monoisotopic (exact) mass is 334 g/mol. The molecule has 1 aliphatic rings. The van der Waals surface area contributed by atoms with Crippen LogP contribution in [0.5, 0.6) is 5.75 Å². The lowest BCUT2D eigenvalue weighted by Gasteiger charge is -2.32. The molecule has 3 N–H and O–H groups in total. The van der Waals surface area contributed by atoms with Crippen LogP contribution in [0.25, 0.3) is 0 Å². The number of amides is 2. The molecule has 1 unspecified atom stereocenters. The maximum Gasteiger partial charge on any atom is 0.404 e. The largest absolute Gasteiger partial charge is 0.508 e. The van der Waals surface area contributed by atoms with Crippen molar-refractivity contribution >= 4 is 12.0 Å². The molecule has 24 heavy (non-hydrogen) atoms. The van der Waals surface area contributed by atoms with Crippen LogP contribution >= 0.6 is 0 Å². The van der Waals surface area contributed by atoms with Crippen LogP contribution in [0.3, 0.4) is 0 Å². The second-order valence-corrected chi connectivity index (χ2v) is 7.39. The number of carboxylic acid groups (broad SMARTS) is 1. The second kappa shape index (κ2) is 7.11. The molecule has 0 aliphatic carbocycles. The highest BCUT2D eigenvalue weighted by Crippen LogP contribution is 2.25. The van der Waals surface area contributed by atoms with E-state index in [0.29, 0.717) is 25.1 Å². The highest BCUT2D eigenvalue weighted by Gasteiger charge is 2.28. The third-order valence-corrected chi connectivity index (χ3v) is 4.52. The van der Waals surface area contributed by atoms with Crippen molar-refractivity contribution in [3.05, 3.63) is 29.3 Å². The fourth-order valence-corrected chi connectivity index (χ4v) is 3.09. The van der Waals surface area contributed by atoms with Crippen LogP contribution in [0.4, 0.5) is 4.79 Å². The zero-order valence-corrected chi connectivity index (χ0v) is 14.5. The molecule has 1 atom stereocenters. The standard InChI is InChI=1S/C18H26N2O4/c1-18(2,3)15(19-17(23)24)5-4-9-20-10-8-12-11-13(21)6-7-14(12)16(20)22/h6-7,11,15,19,21H,4-5,8-10H2,1-3H3,(H,23,24). The minimum Gasteiger partial charge on any atom is -0.508 e. The van der Waals surface area contributed by atoms with Crippen molar-refractivity contribution < 1.29 is 19.8 Å². The van der Waals surface area contributed by atoms with E-state index in [4.69, 9.17) is 5.11 Å². The number of aromatic hydroxyl groups is 1. The van der Waals surface area contributed by atoms with Gasteiger partial charge in [-0.25, -0.2) is 4.79 Å². The van der Waals surface area contributed by atoms with Crippen LogP contribution in [0.15, 0.2) is 18.2 Å². The van der Waals surface area contributed by atoms with Crippen molar-refractivity contribution in [3.8, 4) is 5.75 Å². The molecule has 1 aromatic rings. The minimum atomic E-state index is -1.02. The van der Waals surface area contributed by atoms with Gasteiger partial charge in [0, 0.05) is 24.7 Å². The van der Waals surface area contributed by atoms with Crippen LogP contribution in [0, 0.1) is 5.41 Å². The normalized spacial score (nSPS) is 15.8. The average molecular weight is 334 g/mol. The van der Waals surface area contributed by atoms with Gasteiger partial charge in [-0.1, -0.05) is 20.8 Å². The second-order valence-electron chi connectivity index (χ2n) is 7.39. The molecule has 0 saturated heterocycles. The van der Waals surface area contributed by atoms with Gasteiger partial charge < -0.3 is 20.4 Å². The molecule has 1 aromatic carbocycles. The van der Waals surface area contributed by atoms with Gasteiger partial charge in [0.25, 0.3) is 5.91 Å². The topological polar surface area (TPSA) is 89.9 Å². The fourth-order valence-electron chi connectivity index (χ4n) is 3.09. The summed E-state index contributed by atoms with van der Waals surface area (Å²) in [6.45, 7) is 7.24. The summed E-state index contributed by atoms with van der Waals surface area (Å²) >= 11 is 0. The van der Waals surface area contributed by atoms with Gasteiger partial charge in [-0.2, -0.15) is 0 Å². The predicted octanol–water partition coefficient (Wildman–Crippen LogP) is 2.85. The summed E-state index contributed by atoms with van der Waals surface area (Å²) in [5.41, 5.74) is 1.36. The molecule has 0 radical (unpaired) electrons. The molecule has 2 rings (SSSR count). The number of nitrogens with one attached hydrogen (secondary N) is 1. The fraction of sp³-hybridized carbons (Fsp3) is 0.556. The number of carbonyl (C=O) groups excluding carboxylic acids is 1. The van der Waals surface area contributed by atoms with E-state index in [2.05, 4.69) is 5.32 Å². The minimum absolute atomic E-state index is 0.0187. The molecule has 2 amide bonds. The number of rotatable bonds is 5. The van der Waals surface area contributed by atoms with Crippen LogP contribution in [-0.4, -0.2) is 46.2 Å². The molecule has 0 bridgehead atoms. The highest BCUT2D eigenvalue weighted by atomic mass is 16.4. The Kier molecular flexibility index (Phi) is 5.36. The van der Waals surface area contributed by atoms with Crippen LogP contribution in [-0.2, 0) is 6.42 Å². The molecular formula is C18H26N2O4. The summed E-state index contributed by atoms with van der Waals surface area (Å²) in [4.78, 5) is 25.3. The van der Waals surface area contributed by atoms with Crippen molar-refractivity contribution in [2.24, 2.45) is 5.41 Å². The van der Waals surface area contributed by atoms with E-state index in [1.54, 1.807) is 17.0 Å². The van der Waals surface area contributed by atoms with E-state index in [0.717, 1.165) is 18.4 Å². The smallest absolute Gasteiger partial charge is 0.404 e. The van der Waals surface area contributed by atoms with E-state index in [9.17, 15) is 14.7 Å². The van der Waals surface area contributed by atoms with Gasteiger partial charge in [0.2, 0.25) is 0 Å². The Morgan fingerprint density at radius 2 is 2.08 bits per heavy atom. The predicted molar refractivity (Wildman–Crippen MR) is 91.4 cm³/mol. The first-order chi connectivity index (χ1) is 11.2. The first kappa shape index (κ1) is 18.1. The molecule has 132 valence electrons. The molecule has 1 aliphatic heterocycles. The third kappa shape index (κ3) is 4.40. The number of carbonyl (C=O) groups is 2. The molecule has 0 aromatic heterocycles. The maximum absolute atomic E-state index is 12.5. The van der Waals surface area contributed by atoms with E-state index >= 15 is 0 Å². The van der Waals surface area contributed by atoms with Crippen molar-refractivity contribution in [2.75, 3.05) is 13.1 Å². The van der Waals surface area contributed by atoms with Gasteiger partial charge in [-0.05, 0) is 48.4 Å². The highest BCUT2D eigenvalue weighted by molar-refractivity contribution is 5.96. The summed E-state index contributed by atoms with van der Waals surface area (Å²) in [6.07, 6.45) is 1.13. The van der Waals surface area contributed by atoms with Crippen molar-refractivity contribution in [3.63, 3.8) is 0 Å². The van der Waals surface area contributed by atoms with Gasteiger partial charge in [0.15, 0.2) is 0 Å². The first-order valence-electron chi connectivity index (χ1n) is 8.29. The summed E-state index contributed by atoms with van der Waals surface area (Å²) in [7, 11) is 0. The van der Waals surface area contributed by atoms with E-state index < -0.39 is 6.09 Å². The van der Waals surface area contributed by atoms with Crippen molar-refractivity contribution in [1.82, 2.24) is 10.2 Å². The first-order valence-corrected chi connectivity index (χ1v) is 8.29. The Morgan fingerprint density at radius 3 is 2.71 bits per heavy atom. The summed E-state index contributed by atoms with van der Waals surface area (Å²) < 4.78 is 0. The number of nitrogens with zero attached hydrogens (tertiary/aromatic N) is 1. The summed E-state index contributed by atoms with van der Waals surface area (Å²) in [6, 6.07) is 4.70. The Labute approximate surface area is 142 Å². The third-order valence-electron chi connectivity index (χ3n) is 4.52. The van der Waals surface area contributed by atoms with E-state index in [-0.39, 0.29) is 23.1 Å². The van der Waals surface area contributed by atoms with Crippen molar-refractivity contribution in [2.45, 2.75) is 46.1 Å². The van der Waals surface area contributed by atoms with Gasteiger partial charge in [0.1, 0.15) is 5.75 Å². The SMILES string of the molecule is CC(C)(C)C(CCCN1CCc2cc(O)ccc2C1=O)NC(=O)O.